The molecule has 0 radical (unpaired) electrons. The summed E-state index contributed by atoms with van der Waals surface area (Å²) in [6.07, 6.45) is 8.05. The van der Waals surface area contributed by atoms with Crippen molar-refractivity contribution in [1.29, 1.82) is 0 Å². The summed E-state index contributed by atoms with van der Waals surface area (Å²) in [5.74, 6) is 0. The van der Waals surface area contributed by atoms with Crippen LogP contribution in [0.3, 0.4) is 0 Å². The van der Waals surface area contributed by atoms with Crippen molar-refractivity contribution in [2.75, 3.05) is 6.61 Å². The summed E-state index contributed by atoms with van der Waals surface area (Å²) in [4.78, 5) is 0. The minimum Gasteiger partial charge on any atom is -0.415 e. The molecular formula is C22H37NO2Si. The number of aliphatic hydroxyl groups is 1. The van der Waals surface area contributed by atoms with Crippen LogP contribution in [0.25, 0.3) is 0 Å². The first-order valence-electron chi connectivity index (χ1n) is 9.54. The lowest BCUT2D eigenvalue weighted by Crippen LogP contribution is -2.44. The SMILES string of the molecule is C/C=C\[C@H](O)C/C=C\[C@H](CO[Si](C)(C)C(C)(C)C)NCc1ccccc1. The van der Waals surface area contributed by atoms with Crippen LogP contribution < -0.4 is 5.32 Å². The van der Waals surface area contributed by atoms with Crippen LogP contribution >= 0.6 is 0 Å². The molecule has 0 bridgehead atoms. The van der Waals surface area contributed by atoms with Crippen LogP contribution in [0, 0.1) is 0 Å². The van der Waals surface area contributed by atoms with Crippen molar-refractivity contribution in [3.05, 3.63) is 60.2 Å². The largest absolute Gasteiger partial charge is 0.415 e. The summed E-state index contributed by atoms with van der Waals surface area (Å²) < 4.78 is 6.40. The van der Waals surface area contributed by atoms with E-state index in [0.717, 1.165) is 6.54 Å². The number of aliphatic hydroxyl groups excluding tert-OH is 1. The molecule has 3 nitrogen and oxygen atoms in total. The highest BCUT2D eigenvalue weighted by Crippen LogP contribution is 2.36. The second kappa shape index (κ2) is 10.8. The van der Waals surface area contributed by atoms with Crippen LogP contribution in [-0.2, 0) is 11.0 Å². The Balaban J connectivity index is 2.69. The van der Waals surface area contributed by atoms with Crippen LogP contribution in [0.4, 0.5) is 0 Å². The smallest absolute Gasteiger partial charge is 0.192 e. The van der Waals surface area contributed by atoms with E-state index in [9.17, 15) is 5.11 Å². The molecule has 0 fully saturated rings. The molecule has 1 rings (SSSR count). The van der Waals surface area contributed by atoms with E-state index in [4.69, 9.17) is 4.43 Å². The summed E-state index contributed by atoms with van der Waals surface area (Å²) in [5.41, 5.74) is 1.26. The van der Waals surface area contributed by atoms with Gasteiger partial charge in [-0.05, 0) is 37.0 Å². The monoisotopic (exact) mass is 375 g/mol. The first-order valence-corrected chi connectivity index (χ1v) is 12.5. The molecule has 0 aliphatic heterocycles. The minimum atomic E-state index is -1.78. The Bertz CT molecular complexity index is 561. The lowest BCUT2D eigenvalue weighted by Gasteiger charge is -2.37. The number of benzene rings is 1. The summed E-state index contributed by atoms with van der Waals surface area (Å²) in [6.45, 7) is 14.7. The van der Waals surface area contributed by atoms with Crippen molar-refractivity contribution in [1.82, 2.24) is 5.32 Å². The lowest BCUT2D eigenvalue weighted by molar-refractivity contribution is 0.226. The summed E-state index contributed by atoms with van der Waals surface area (Å²) in [7, 11) is -1.78. The van der Waals surface area contributed by atoms with Gasteiger partial charge in [0.15, 0.2) is 8.32 Å². The first-order chi connectivity index (χ1) is 12.2. The van der Waals surface area contributed by atoms with E-state index in [1.54, 1.807) is 0 Å². The van der Waals surface area contributed by atoms with Crippen molar-refractivity contribution in [2.24, 2.45) is 0 Å². The lowest BCUT2D eigenvalue weighted by atomic mass is 10.1. The van der Waals surface area contributed by atoms with Gasteiger partial charge in [-0.15, -0.1) is 0 Å². The molecule has 0 aliphatic carbocycles. The second-order valence-electron chi connectivity index (χ2n) is 8.30. The molecular weight excluding hydrogens is 338 g/mol. The zero-order valence-electron chi connectivity index (χ0n) is 17.3. The standard InChI is InChI=1S/C22H37NO2Si/c1-7-12-21(24)16-11-15-20(18-25-26(5,6)22(2,3)4)23-17-19-13-9-8-10-14-19/h7-15,20-21,23-24H,16-18H2,1-6H3/b12-7-,15-11-/t20-,21+/m1/s1. The number of allylic oxidation sites excluding steroid dienone is 1. The van der Waals surface area contributed by atoms with Gasteiger partial charge in [-0.25, -0.2) is 0 Å². The Morgan fingerprint density at radius 1 is 1.15 bits per heavy atom. The second-order valence-corrected chi connectivity index (χ2v) is 13.1. The van der Waals surface area contributed by atoms with E-state index in [0.29, 0.717) is 13.0 Å². The number of nitrogens with one attached hydrogen (secondary N) is 1. The molecule has 0 unspecified atom stereocenters. The fraction of sp³-hybridized carbons (Fsp3) is 0.545. The highest BCUT2D eigenvalue weighted by molar-refractivity contribution is 6.74. The highest BCUT2D eigenvalue weighted by Gasteiger charge is 2.37. The first kappa shape index (κ1) is 22.8. The fourth-order valence-electron chi connectivity index (χ4n) is 2.22. The summed E-state index contributed by atoms with van der Waals surface area (Å²) in [6, 6.07) is 10.5. The van der Waals surface area contributed by atoms with Crippen LogP contribution in [0.15, 0.2) is 54.6 Å². The maximum absolute atomic E-state index is 9.85. The number of hydrogen-bond acceptors (Lipinski definition) is 3. The fourth-order valence-corrected chi connectivity index (χ4v) is 3.25. The van der Waals surface area contributed by atoms with Crippen molar-refractivity contribution in [3.63, 3.8) is 0 Å². The summed E-state index contributed by atoms with van der Waals surface area (Å²) in [5, 5.41) is 13.6. The van der Waals surface area contributed by atoms with Crippen molar-refractivity contribution in [3.8, 4) is 0 Å². The zero-order chi connectivity index (χ0) is 19.6. The summed E-state index contributed by atoms with van der Waals surface area (Å²) >= 11 is 0. The molecule has 146 valence electrons. The van der Waals surface area contributed by atoms with Gasteiger partial charge in [0.05, 0.1) is 12.7 Å². The predicted molar refractivity (Wildman–Crippen MR) is 115 cm³/mol. The molecule has 0 aromatic heterocycles. The van der Waals surface area contributed by atoms with Crippen LogP contribution in [0.1, 0.15) is 39.7 Å². The normalized spacial score (nSPS) is 15.7. The van der Waals surface area contributed by atoms with E-state index in [1.807, 2.05) is 31.2 Å². The van der Waals surface area contributed by atoms with E-state index < -0.39 is 14.4 Å². The Hall–Kier alpha value is -1.20. The molecule has 1 aromatic rings. The van der Waals surface area contributed by atoms with Gasteiger partial charge < -0.3 is 14.8 Å². The van der Waals surface area contributed by atoms with Gasteiger partial charge >= 0.3 is 0 Å². The average Bonchev–Trinajstić information content (AvgIpc) is 2.57. The van der Waals surface area contributed by atoms with E-state index >= 15 is 0 Å². The molecule has 0 heterocycles. The number of rotatable bonds is 10. The van der Waals surface area contributed by atoms with Gasteiger partial charge in [-0.1, -0.05) is 75.4 Å². The predicted octanol–water partition coefficient (Wildman–Crippen LogP) is 5.05. The topological polar surface area (TPSA) is 41.5 Å². The van der Waals surface area contributed by atoms with Gasteiger partial charge in [0, 0.05) is 12.6 Å². The molecule has 2 atom stereocenters. The van der Waals surface area contributed by atoms with Crippen LogP contribution in [0.5, 0.6) is 0 Å². The Labute approximate surface area is 161 Å². The third-order valence-corrected chi connectivity index (χ3v) is 9.50. The maximum atomic E-state index is 9.85. The molecule has 2 N–H and O–H groups in total. The van der Waals surface area contributed by atoms with E-state index in [-0.39, 0.29) is 11.1 Å². The molecule has 1 aromatic carbocycles. The van der Waals surface area contributed by atoms with E-state index in [2.05, 4.69) is 69.5 Å². The molecule has 0 amide bonds. The molecule has 0 spiro atoms. The zero-order valence-corrected chi connectivity index (χ0v) is 18.3. The van der Waals surface area contributed by atoms with E-state index in [1.165, 1.54) is 5.56 Å². The van der Waals surface area contributed by atoms with Gasteiger partial charge in [0.1, 0.15) is 0 Å². The van der Waals surface area contributed by atoms with Crippen molar-refractivity contribution < 1.29 is 9.53 Å². The minimum absolute atomic E-state index is 0.127. The third-order valence-electron chi connectivity index (χ3n) is 5.00. The van der Waals surface area contributed by atoms with Crippen LogP contribution in [-0.4, -0.2) is 32.2 Å². The van der Waals surface area contributed by atoms with Crippen LogP contribution in [0.2, 0.25) is 18.1 Å². The van der Waals surface area contributed by atoms with Gasteiger partial charge in [0.2, 0.25) is 0 Å². The van der Waals surface area contributed by atoms with Crippen molar-refractivity contribution >= 4 is 8.32 Å². The Kier molecular flexibility index (Phi) is 9.51. The van der Waals surface area contributed by atoms with Gasteiger partial charge in [-0.3, -0.25) is 0 Å². The Morgan fingerprint density at radius 3 is 2.38 bits per heavy atom. The molecule has 4 heteroatoms. The van der Waals surface area contributed by atoms with Crippen molar-refractivity contribution in [2.45, 2.75) is 70.9 Å². The molecule has 0 saturated heterocycles. The third kappa shape index (κ3) is 8.45. The van der Waals surface area contributed by atoms with Gasteiger partial charge in [0.25, 0.3) is 0 Å². The molecule has 0 aliphatic rings. The molecule has 0 saturated carbocycles. The number of hydrogen-bond donors (Lipinski definition) is 2. The molecule has 26 heavy (non-hydrogen) atoms. The van der Waals surface area contributed by atoms with Gasteiger partial charge in [-0.2, -0.15) is 0 Å². The quantitative estimate of drug-likeness (QED) is 0.444. The Morgan fingerprint density at radius 2 is 1.81 bits per heavy atom. The maximum Gasteiger partial charge on any atom is 0.192 e. The highest BCUT2D eigenvalue weighted by atomic mass is 28.4. The average molecular weight is 376 g/mol.